The van der Waals surface area contributed by atoms with Crippen molar-refractivity contribution in [1.82, 2.24) is 19.3 Å². The number of nitrogens with one attached hydrogen (secondary N) is 1. The second-order valence-corrected chi connectivity index (χ2v) is 14.6. The zero-order chi connectivity index (χ0) is 26.8. The molecular weight excluding hydrogens is 482 g/mol. The van der Waals surface area contributed by atoms with Crippen molar-refractivity contribution in [3.8, 4) is 5.69 Å². The average molecular weight is 518 g/mol. The molecule has 0 spiro atoms. The standard InChI is InChI=1S/C28H35N5O3Si/c1-6-15-32-27(34)24-19-30-25(17-20-10-12-22(13-11-20)29-14-16-37(4,5)36)31-26(24)33(32)23-9-7-8-21(18-23)28(2,3)35/h6-13,15,18-19,29,35-36H,14,16-17H2,1-5H3/b15-6+. The van der Waals surface area contributed by atoms with E-state index in [9.17, 15) is 14.7 Å². The summed E-state index contributed by atoms with van der Waals surface area (Å²) in [5.74, 6) is 0.603. The molecule has 2 aromatic carbocycles. The number of nitrogens with zero attached hydrogens (tertiary/aromatic N) is 4. The predicted molar refractivity (Wildman–Crippen MR) is 152 cm³/mol. The van der Waals surface area contributed by atoms with Gasteiger partial charge in [0.1, 0.15) is 11.2 Å². The van der Waals surface area contributed by atoms with Crippen molar-refractivity contribution < 1.29 is 9.90 Å². The second-order valence-electron chi connectivity index (χ2n) is 10.4. The van der Waals surface area contributed by atoms with Crippen LogP contribution in [0.5, 0.6) is 0 Å². The first-order valence-electron chi connectivity index (χ1n) is 12.5. The van der Waals surface area contributed by atoms with E-state index in [-0.39, 0.29) is 5.56 Å². The van der Waals surface area contributed by atoms with E-state index >= 15 is 0 Å². The number of rotatable bonds is 9. The number of hydrogen-bond acceptors (Lipinski definition) is 6. The molecule has 0 radical (unpaired) electrons. The fourth-order valence-corrected chi connectivity index (χ4v) is 4.83. The van der Waals surface area contributed by atoms with Crippen LogP contribution in [0.25, 0.3) is 22.9 Å². The van der Waals surface area contributed by atoms with Crippen LogP contribution in [0.1, 0.15) is 37.7 Å². The quantitative estimate of drug-likeness (QED) is 0.282. The monoisotopic (exact) mass is 517 g/mol. The second kappa shape index (κ2) is 10.4. The molecule has 9 heteroatoms. The molecule has 2 heterocycles. The summed E-state index contributed by atoms with van der Waals surface area (Å²) in [6.45, 7) is 9.92. The Balaban J connectivity index is 1.67. The zero-order valence-corrected chi connectivity index (χ0v) is 23.1. The molecule has 0 aliphatic heterocycles. The topological polar surface area (TPSA) is 105 Å². The molecule has 0 bridgehead atoms. The van der Waals surface area contributed by atoms with Crippen LogP contribution in [0.3, 0.4) is 0 Å². The van der Waals surface area contributed by atoms with Crippen molar-refractivity contribution in [3.63, 3.8) is 0 Å². The van der Waals surface area contributed by atoms with E-state index in [1.165, 1.54) is 4.68 Å². The molecule has 0 aliphatic rings. The minimum absolute atomic E-state index is 0.210. The van der Waals surface area contributed by atoms with E-state index in [2.05, 4.69) is 10.3 Å². The van der Waals surface area contributed by atoms with Crippen molar-refractivity contribution in [2.75, 3.05) is 11.9 Å². The van der Waals surface area contributed by atoms with Crippen LogP contribution >= 0.6 is 0 Å². The predicted octanol–water partition coefficient (Wildman–Crippen LogP) is 4.50. The molecule has 0 saturated heterocycles. The fourth-order valence-electron chi connectivity index (χ4n) is 4.10. The van der Waals surface area contributed by atoms with E-state index < -0.39 is 13.9 Å². The Morgan fingerprint density at radius 3 is 2.51 bits per heavy atom. The SMILES string of the molecule is C/C=C/n1c(=O)c2cnc(Cc3ccc(NCC[Si](C)(C)O)cc3)nc2n1-c1cccc(C(C)(C)O)c1. The minimum Gasteiger partial charge on any atom is -0.432 e. The Hall–Kier alpha value is -3.53. The number of allylic oxidation sites excluding steroid dienone is 1. The molecule has 37 heavy (non-hydrogen) atoms. The van der Waals surface area contributed by atoms with Crippen LogP contribution in [-0.4, -0.2) is 44.1 Å². The van der Waals surface area contributed by atoms with Crippen LogP contribution in [0, 0.1) is 0 Å². The number of hydrogen-bond donors (Lipinski definition) is 3. The first kappa shape index (κ1) is 26.5. The molecule has 2 aromatic heterocycles. The Labute approximate surface area is 218 Å². The van der Waals surface area contributed by atoms with Crippen LogP contribution < -0.4 is 10.9 Å². The lowest BCUT2D eigenvalue weighted by Gasteiger charge is -2.19. The first-order chi connectivity index (χ1) is 17.5. The van der Waals surface area contributed by atoms with Crippen LogP contribution in [-0.2, 0) is 12.0 Å². The molecule has 8 nitrogen and oxygen atoms in total. The first-order valence-corrected chi connectivity index (χ1v) is 15.6. The maximum atomic E-state index is 13.2. The lowest BCUT2D eigenvalue weighted by Crippen LogP contribution is -2.27. The lowest BCUT2D eigenvalue weighted by atomic mass is 9.98. The molecule has 0 aliphatic carbocycles. The van der Waals surface area contributed by atoms with Crippen LogP contribution in [0.15, 0.2) is 65.6 Å². The van der Waals surface area contributed by atoms with Gasteiger partial charge in [0, 0.05) is 31.0 Å². The number of aliphatic hydroxyl groups is 1. The third-order valence-corrected chi connectivity index (χ3v) is 7.62. The third-order valence-electron chi connectivity index (χ3n) is 6.14. The minimum atomic E-state index is -2.07. The van der Waals surface area contributed by atoms with Gasteiger partial charge < -0.3 is 15.2 Å². The summed E-state index contributed by atoms with van der Waals surface area (Å²) >= 11 is 0. The van der Waals surface area contributed by atoms with Gasteiger partial charge in [-0.2, -0.15) is 0 Å². The van der Waals surface area contributed by atoms with E-state index in [0.717, 1.165) is 35.1 Å². The number of benzene rings is 2. The van der Waals surface area contributed by atoms with Gasteiger partial charge in [0.25, 0.3) is 5.56 Å². The largest absolute Gasteiger partial charge is 0.432 e. The molecule has 194 valence electrons. The van der Waals surface area contributed by atoms with Gasteiger partial charge >= 0.3 is 0 Å². The van der Waals surface area contributed by atoms with Crippen molar-refractivity contribution in [1.29, 1.82) is 0 Å². The highest BCUT2D eigenvalue weighted by Crippen LogP contribution is 2.24. The van der Waals surface area contributed by atoms with Gasteiger partial charge in [-0.05, 0) is 75.3 Å². The highest BCUT2D eigenvalue weighted by molar-refractivity contribution is 6.69. The van der Waals surface area contributed by atoms with Crippen LogP contribution in [0.4, 0.5) is 5.69 Å². The van der Waals surface area contributed by atoms with E-state index in [1.807, 2.05) is 68.5 Å². The summed E-state index contributed by atoms with van der Waals surface area (Å²) in [6, 6.07) is 16.4. The van der Waals surface area contributed by atoms with E-state index in [0.29, 0.717) is 23.3 Å². The average Bonchev–Trinajstić information content (AvgIpc) is 3.10. The normalized spacial score (nSPS) is 12.5. The van der Waals surface area contributed by atoms with Crippen LogP contribution in [0.2, 0.25) is 19.1 Å². The Kier molecular flexibility index (Phi) is 7.49. The summed E-state index contributed by atoms with van der Waals surface area (Å²) in [5.41, 5.74) is 2.78. The van der Waals surface area contributed by atoms with E-state index in [1.54, 1.807) is 37.0 Å². The molecule has 0 amide bonds. The fraction of sp³-hybridized carbons (Fsp3) is 0.321. The van der Waals surface area contributed by atoms with Gasteiger partial charge in [0.15, 0.2) is 14.0 Å². The number of anilines is 1. The zero-order valence-electron chi connectivity index (χ0n) is 22.1. The Morgan fingerprint density at radius 2 is 1.86 bits per heavy atom. The number of fused-ring (bicyclic) bond motifs is 1. The molecule has 4 aromatic rings. The van der Waals surface area contributed by atoms with Gasteiger partial charge in [0.2, 0.25) is 0 Å². The summed E-state index contributed by atoms with van der Waals surface area (Å²) in [4.78, 5) is 32.5. The third kappa shape index (κ3) is 6.25. The molecule has 0 saturated carbocycles. The van der Waals surface area contributed by atoms with Crippen molar-refractivity contribution in [3.05, 3.63) is 88.1 Å². The maximum Gasteiger partial charge on any atom is 0.282 e. The van der Waals surface area contributed by atoms with Gasteiger partial charge in [-0.25, -0.2) is 19.3 Å². The highest BCUT2D eigenvalue weighted by Gasteiger charge is 2.20. The smallest absolute Gasteiger partial charge is 0.282 e. The van der Waals surface area contributed by atoms with Gasteiger partial charge in [-0.15, -0.1) is 0 Å². The van der Waals surface area contributed by atoms with Crippen molar-refractivity contribution >= 4 is 31.2 Å². The summed E-state index contributed by atoms with van der Waals surface area (Å²) < 4.78 is 3.28. The van der Waals surface area contributed by atoms with Gasteiger partial charge in [-0.3, -0.25) is 4.79 Å². The summed E-state index contributed by atoms with van der Waals surface area (Å²) in [5, 5.41) is 14.3. The van der Waals surface area contributed by atoms with E-state index in [4.69, 9.17) is 4.98 Å². The molecule has 3 N–H and O–H groups in total. The van der Waals surface area contributed by atoms with Crippen molar-refractivity contribution in [2.45, 2.75) is 51.9 Å². The number of aromatic nitrogens is 4. The van der Waals surface area contributed by atoms with Gasteiger partial charge in [0.05, 0.1) is 11.3 Å². The lowest BCUT2D eigenvalue weighted by molar-refractivity contribution is 0.0786. The Bertz CT molecular complexity index is 1480. The van der Waals surface area contributed by atoms with Crippen molar-refractivity contribution in [2.24, 2.45) is 0 Å². The maximum absolute atomic E-state index is 13.2. The highest BCUT2D eigenvalue weighted by atomic mass is 28.4. The van der Waals surface area contributed by atoms with Gasteiger partial charge in [-0.1, -0.05) is 30.3 Å². The summed E-state index contributed by atoms with van der Waals surface area (Å²) in [6.07, 6.45) is 5.60. The molecular formula is C28H35N5O3Si. The Morgan fingerprint density at radius 1 is 1.14 bits per heavy atom. The molecule has 0 fully saturated rings. The molecule has 0 unspecified atom stereocenters. The summed E-state index contributed by atoms with van der Waals surface area (Å²) in [7, 11) is -2.07. The molecule has 0 atom stereocenters. The molecule has 4 rings (SSSR count).